The van der Waals surface area contributed by atoms with Gasteiger partial charge in [-0.15, -0.1) is 0 Å². The Morgan fingerprint density at radius 3 is 1.54 bits per heavy atom. The Hall–Kier alpha value is -6.78. The van der Waals surface area contributed by atoms with Crippen LogP contribution < -0.4 is 4.90 Å². The summed E-state index contributed by atoms with van der Waals surface area (Å²) in [5, 5.41) is 9.03. The molecule has 4 aromatic heterocycles. The van der Waals surface area contributed by atoms with Crippen molar-refractivity contribution in [2.24, 2.45) is 0 Å². The van der Waals surface area contributed by atoms with Gasteiger partial charge >= 0.3 is 0 Å². The number of hydrogen-bond acceptors (Lipinski definition) is 3. The summed E-state index contributed by atoms with van der Waals surface area (Å²) in [6.45, 7) is 0. The molecule has 7 aromatic carbocycles. The van der Waals surface area contributed by atoms with Crippen molar-refractivity contribution in [2.75, 3.05) is 4.90 Å². The van der Waals surface area contributed by atoms with Crippen molar-refractivity contribution < 1.29 is 8.83 Å². The van der Waals surface area contributed by atoms with E-state index in [1.54, 1.807) is 0 Å². The van der Waals surface area contributed by atoms with E-state index in [-0.39, 0.29) is 0 Å². The smallest absolute Gasteiger partial charge is 0.143 e. The highest BCUT2D eigenvalue weighted by atomic mass is 16.3. The summed E-state index contributed by atoms with van der Waals surface area (Å²) >= 11 is 0. The molecule has 0 amide bonds. The predicted molar refractivity (Wildman–Crippen MR) is 207 cm³/mol. The first kappa shape index (κ1) is 27.2. The van der Waals surface area contributed by atoms with E-state index in [0.29, 0.717) is 0 Å². The number of furan rings is 2. The lowest BCUT2D eigenvalue weighted by Crippen LogP contribution is -2.09. The molecule has 11 aromatic rings. The number of aromatic nitrogens is 1. The van der Waals surface area contributed by atoms with E-state index in [0.717, 1.165) is 77.3 Å². The van der Waals surface area contributed by atoms with Gasteiger partial charge in [0.05, 0.1) is 0 Å². The molecule has 0 radical (unpaired) electrons. The zero-order valence-electron chi connectivity index (χ0n) is 26.9. The maximum absolute atomic E-state index is 6.64. The zero-order chi connectivity index (χ0) is 32.8. The van der Waals surface area contributed by atoms with Crippen molar-refractivity contribution in [1.82, 2.24) is 4.40 Å². The minimum atomic E-state index is 0.854. The normalized spacial score (nSPS) is 12.0. The molecule has 11 rings (SSSR count). The number of nitrogens with zero attached hydrogens (tertiary/aromatic N) is 2. The van der Waals surface area contributed by atoms with Gasteiger partial charge in [-0.2, -0.15) is 0 Å². The minimum Gasteiger partial charge on any atom is -0.455 e. The lowest BCUT2D eigenvalue weighted by atomic mass is 10.0. The third-order valence-electron chi connectivity index (χ3n) is 10.2. The molecule has 4 nitrogen and oxygen atoms in total. The summed E-state index contributed by atoms with van der Waals surface area (Å²) in [7, 11) is 0. The summed E-state index contributed by atoms with van der Waals surface area (Å²) in [5.41, 5.74) is 10.1. The predicted octanol–water partition coefficient (Wildman–Crippen LogP) is 13.2. The van der Waals surface area contributed by atoms with Crippen molar-refractivity contribution in [2.45, 2.75) is 0 Å². The molecule has 0 fully saturated rings. The van der Waals surface area contributed by atoms with Crippen LogP contribution >= 0.6 is 0 Å². The average Bonchev–Trinajstić information content (AvgIpc) is 3.88. The van der Waals surface area contributed by atoms with E-state index >= 15 is 0 Å². The molecular weight excluding hydrogens is 613 g/mol. The lowest BCUT2D eigenvalue weighted by Gasteiger charge is -2.25. The summed E-state index contributed by atoms with van der Waals surface area (Å²) in [6, 6.07) is 55.9. The quantitative estimate of drug-likeness (QED) is 0.192. The van der Waals surface area contributed by atoms with Crippen molar-refractivity contribution in [3.8, 4) is 11.1 Å². The molecule has 0 aliphatic carbocycles. The van der Waals surface area contributed by atoms with Crippen LogP contribution in [0.25, 0.3) is 82.1 Å². The molecule has 0 aliphatic heterocycles. The highest BCUT2D eigenvalue weighted by Gasteiger charge is 2.19. The third kappa shape index (κ3) is 4.06. The molecule has 4 heterocycles. The Bertz CT molecular complexity index is 2920. The molecular formula is C46H28N2O2. The Kier molecular flexibility index (Phi) is 5.63. The number of benzene rings is 7. The maximum atomic E-state index is 6.64. The molecule has 0 unspecified atom stereocenters. The zero-order valence-corrected chi connectivity index (χ0v) is 26.9. The van der Waals surface area contributed by atoms with Crippen LogP contribution in [0.1, 0.15) is 0 Å². The fourth-order valence-electron chi connectivity index (χ4n) is 7.73. The largest absolute Gasteiger partial charge is 0.455 e. The summed E-state index contributed by atoms with van der Waals surface area (Å²) in [4.78, 5) is 2.29. The summed E-state index contributed by atoms with van der Waals surface area (Å²) in [5.74, 6) is 0. The van der Waals surface area contributed by atoms with Gasteiger partial charge in [0, 0.05) is 85.0 Å². The second-order valence-corrected chi connectivity index (χ2v) is 13.0. The van der Waals surface area contributed by atoms with Gasteiger partial charge in [-0.05, 0) is 83.1 Å². The number of rotatable bonds is 4. The number of fused-ring (bicyclic) bond motifs is 11. The molecule has 0 saturated heterocycles. The number of anilines is 3. The van der Waals surface area contributed by atoms with Crippen LogP contribution in [0.4, 0.5) is 17.1 Å². The van der Waals surface area contributed by atoms with E-state index in [4.69, 9.17) is 8.83 Å². The lowest BCUT2D eigenvalue weighted by molar-refractivity contribution is 0.672. The van der Waals surface area contributed by atoms with Crippen LogP contribution in [-0.2, 0) is 0 Å². The van der Waals surface area contributed by atoms with E-state index < -0.39 is 0 Å². The van der Waals surface area contributed by atoms with E-state index in [1.807, 2.05) is 0 Å². The number of pyridine rings is 1. The molecule has 0 spiro atoms. The van der Waals surface area contributed by atoms with Gasteiger partial charge in [-0.25, -0.2) is 0 Å². The van der Waals surface area contributed by atoms with Crippen molar-refractivity contribution in [3.05, 3.63) is 170 Å². The van der Waals surface area contributed by atoms with Crippen LogP contribution in [-0.4, -0.2) is 4.40 Å². The van der Waals surface area contributed by atoms with Crippen LogP contribution in [0.5, 0.6) is 0 Å². The van der Waals surface area contributed by atoms with E-state index in [9.17, 15) is 0 Å². The van der Waals surface area contributed by atoms with Gasteiger partial charge in [0.1, 0.15) is 22.3 Å². The first-order chi connectivity index (χ1) is 24.7. The standard InChI is InChI=1S/C46H28N2O2/c1-3-10-37-30(7-1)14-20-41-39-22-18-35(26-43(39)49-45(37)41)48(33-16-12-29(13-17-33)32-25-34-9-5-6-24-47(34)28-32)36-19-23-40-42-21-15-31-8-2-4-11-38(31)46(42)50-44(40)27-36/h1-28H. The van der Waals surface area contributed by atoms with Crippen LogP contribution in [0.2, 0.25) is 0 Å². The van der Waals surface area contributed by atoms with Crippen LogP contribution in [0, 0.1) is 0 Å². The van der Waals surface area contributed by atoms with Gasteiger partial charge in [-0.3, -0.25) is 0 Å². The van der Waals surface area contributed by atoms with Gasteiger partial charge in [0.25, 0.3) is 0 Å². The van der Waals surface area contributed by atoms with Crippen molar-refractivity contribution in [3.63, 3.8) is 0 Å². The highest BCUT2D eigenvalue weighted by Crippen LogP contribution is 2.43. The molecule has 0 aliphatic rings. The summed E-state index contributed by atoms with van der Waals surface area (Å²) in [6.07, 6.45) is 4.27. The fraction of sp³-hybridized carbons (Fsp3) is 0. The monoisotopic (exact) mass is 640 g/mol. The first-order valence-corrected chi connectivity index (χ1v) is 16.9. The van der Waals surface area contributed by atoms with Gasteiger partial charge in [-0.1, -0.05) is 78.9 Å². The average molecular weight is 641 g/mol. The van der Waals surface area contributed by atoms with E-state index in [2.05, 4.69) is 179 Å². The highest BCUT2D eigenvalue weighted by molar-refractivity contribution is 6.17. The first-order valence-electron chi connectivity index (χ1n) is 16.9. The Labute approximate surface area is 286 Å². The maximum Gasteiger partial charge on any atom is 0.143 e. The Morgan fingerprint density at radius 2 is 0.940 bits per heavy atom. The Balaban J connectivity index is 1.09. The van der Waals surface area contributed by atoms with Crippen molar-refractivity contribution in [1.29, 1.82) is 0 Å². The second kappa shape index (κ2) is 10.4. The molecule has 0 atom stereocenters. The minimum absolute atomic E-state index is 0.854. The van der Waals surface area contributed by atoms with Crippen LogP contribution in [0.3, 0.4) is 0 Å². The van der Waals surface area contributed by atoms with Gasteiger partial charge in [0.2, 0.25) is 0 Å². The Morgan fingerprint density at radius 1 is 0.400 bits per heavy atom. The SMILES string of the molecule is c1ccc2c(c1)ccc1c3ccc(N(c4ccc(-c5cc6ccccn6c5)cc4)c4ccc5c(c4)oc4c6ccccc6ccc54)cc3oc21. The third-order valence-corrected chi connectivity index (χ3v) is 10.2. The molecule has 0 bridgehead atoms. The molecule has 0 N–H and O–H groups in total. The molecule has 234 valence electrons. The van der Waals surface area contributed by atoms with Crippen molar-refractivity contribution >= 4 is 88.0 Å². The van der Waals surface area contributed by atoms with Crippen LogP contribution in [0.15, 0.2) is 179 Å². The summed E-state index contributed by atoms with van der Waals surface area (Å²) < 4.78 is 15.4. The fourth-order valence-corrected chi connectivity index (χ4v) is 7.73. The molecule has 4 heteroatoms. The molecule has 0 saturated carbocycles. The van der Waals surface area contributed by atoms with Gasteiger partial charge < -0.3 is 18.1 Å². The second-order valence-electron chi connectivity index (χ2n) is 13.0. The topological polar surface area (TPSA) is 33.9 Å². The van der Waals surface area contributed by atoms with E-state index in [1.165, 1.54) is 21.9 Å². The molecule has 50 heavy (non-hydrogen) atoms. The van der Waals surface area contributed by atoms with Gasteiger partial charge in [0.15, 0.2) is 0 Å². The number of hydrogen-bond donors (Lipinski definition) is 0.